The van der Waals surface area contributed by atoms with Gasteiger partial charge in [0.15, 0.2) is 0 Å². The molecule has 0 aromatic rings. The topological polar surface area (TPSA) is 66.6 Å². The van der Waals surface area contributed by atoms with E-state index in [2.05, 4.69) is 0 Å². The van der Waals surface area contributed by atoms with Gasteiger partial charge in [-0.05, 0) is 20.9 Å². The molecule has 0 rings (SSSR count). The van der Waals surface area contributed by atoms with Crippen LogP contribution in [0.25, 0.3) is 0 Å². The van der Waals surface area contributed by atoms with Gasteiger partial charge in [-0.25, -0.2) is 0 Å². The summed E-state index contributed by atoms with van der Waals surface area (Å²) in [4.78, 5) is 12.9. The van der Waals surface area contributed by atoms with E-state index in [0.717, 1.165) is 0 Å². The van der Waals surface area contributed by atoms with Crippen LogP contribution in [0.3, 0.4) is 0 Å². The third kappa shape index (κ3) is 4.80. The second-order valence-electron chi connectivity index (χ2n) is 3.83. The van der Waals surface area contributed by atoms with Crippen molar-refractivity contribution in [1.29, 1.82) is 0 Å². The van der Waals surface area contributed by atoms with E-state index in [1.165, 1.54) is 0 Å². The lowest BCUT2D eigenvalue weighted by molar-refractivity contribution is -0.147. The van der Waals surface area contributed by atoms with Crippen LogP contribution in [-0.2, 0) is 4.79 Å². The standard InChI is InChI=1S/C8H16N2O2S/c1-8(2,7(11)12)5-10(3)4-6(9)13/h4-5H2,1-3H3,(H2,9,13)(H,11,12). The van der Waals surface area contributed by atoms with Crippen molar-refractivity contribution in [2.45, 2.75) is 13.8 Å². The maximum Gasteiger partial charge on any atom is 0.310 e. The molecular weight excluding hydrogens is 188 g/mol. The molecule has 0 atom stereocenters. The van der Waals surface area contributed by atoms with Crippen LogP contribution in [0.15, 0.2) is 0 Å². The molecule has 0 aliphatic rings. The van der Waals surface area contributed by atoms with Crippen LogP contribution in [0.5, 0.6) is 0 Å². The first kappa shape index (κ1) is 12.3. The fraction of sp³-hybridized carbons (Fsp3) is 0.750. The van der Waals surface area contributed by atoms with Gasteiger partial charge in [-0.1, -0.05) is 12.2 Å². The summed E-state index contributed by atoms with van der Waals surface area (Å²) < 4.78 is 0. The highest BCUT2D eigenvalue weighted by Gasteiger charge is 2.28. The SMILES string of the molecule is CN(CC(N)=S)CC(C)(C)C(=O)O. The van der Waals surface area contributed by atoms with Gasteiger partial charge in [-0.15, -0.1) is 0 Å². The number of likely N-dealkylation sites (N-methyl/N-ethyl adjacent to an activating group) is 1. The summed E-state index contributed by atoms with van der Waals surface area (Å²) in [5.74, 6) is -0.817. The van der Waals surface area contributed by atoms with Gasteiger partial charge < -0.3 is 10.8 Å². The minimum Gasteiger partial charge on any atom is -0.481 e. The van der Waals surface area contributed by atoms with Crippen LogP contribution in [0.1, 0.15) is 13.8 Å². The third-order valence-corrected chi connectivity index (χ3v) is 1.80. The molecule has 0 aromatic carbocycles. The molecular formula is C8H16N2O2S. The highest BCUT2D eigenvalue weighted by Crippen LogP contribution is 2.15. The molecule has 0 aromatic heterocycles. The summed E-state index contributed by atoms with van der Waals surface area (Å²) in [6.45, 7) is 4.22. The lowest BCUT2D eigenvalue weighted by Crippen LogP contribution is -2.40. The highest BCUT2D eigenvalue weighted by atomic mass is 32.1. The Balaban J connectivity index is 4.11. The van der Waals surface area contributed by atoms with Crippen LogP contribution in [0, 0.1) is 5.41 Å². The normalized spacial score (nSPS) is 11.7. The molecule has 0 aliphatic heterocycles. The number of hydrogen-bond acceptors (Lipinski definition) is 3. The molecule has 4 nitrogen and oxygen atoms in total. The fourth-order valence-electron chi connectivity index (χ4n) is 1.06. The molecule has 13 heavy (non-hydrogen) atoms. The predicted octanol–water partition coefficient (Wildman–Crippen LogP) is 0.315. The molecule has 3 N–H and O–H groups in total. The van der Waals surface area contributed by atoms with Gasteiger partial charge in [0.2, 0.25) is 0 Å². The minimum atomic E-state index is -0.817. The zero-order chi connectivity index (χ0) is 10.6. The summed E-state index contributed by atoms with van der Waals surface area (Å²) in [7, 11) is 1.80. The number of thiocarbonyl (C=S) groups is 1. The van der Waals surface area contributed by atoms with Gasteiger partial charge in [-0.3, -0.25) is 9.69 Å². The van der Waals surface area contributed by atoms with Crippen molar-refractivity contribution in [2.75, 3.05) is 20.1 Å². The second kappa shape index (κ2) is 4.53. The summed E-state index contributed by atoms with van der Waals surface area (Å²) >= 11 is 4.72. The molecule has 0 heterocycles. The Bertz CT molecular complexity index is 216. The maximum absolute atomic E-state index is 10.8. The van der Waals surface area contributed by atoms with Crippen LogP contribution in [0.2, 0.25) is 0 Å². The molecule has 0 spiro atoms. The number of carbonyl (C=O) groups is 1. The molecule has 0 fully saturated rings. The van der Waals surface area contributed by atoms with Crippen molar-refractivity contribution in [3.63, 3.8) is 0 Å². The Kier molecular flexibility index (Phi) is 4.29. The molecule has 0 unspecified atom stereocenters. The Morgan fingerprint density at radius 3 is 2.38 bits per heavy atom. The van der Waals surface area contributed by atoms with E-state index >= 15 is 0 Å². The van der Waals surface area contributed by atoms with E-state index in [0.29, 0.717) is 18.1 Å². The van der Waals surface area contributed by atoms with E-state index in [1.807, 2.05) is 0 Å². The van der Waals surface area contributed by atoms with Gasteiger partial charge in [0.25, 0.3) is 0 Å². The third-order valence-electron chi connectivity index (χ3n) is 1.67. The zero-order valence-corrected chi connectivity index (χ0v) is 9.02. The largest absolute Gasteiger partial charge is 0.481 e. The number of nitrogens with two attached hydrogens (primary N) is 1. The number of nitrogens with zero attached hydrogens (tertiary/aromatic N) is 1. The highest BCUT2D eigenvalue weighted by molar-refractivity contribution is 7.80. The number of hydrogen-bond donors (Lipinski definition) is 2. The molecule has 0 radical (unpaired) electrons. The van der Waals surface area contributed by atoms with E-state index in [9.17, 15) is 4.79 Å². The molecule has 0 saturated heterocycles. The zero-order valence-electron chi connectivity index (χ0n) is 8.20. The molecule has 0 saturated carbocycles. The van der Waals surface area contributed by atoms with Crippen molar-refractivity contribution in [3.05, 3.63) is 0 Å². The van der Waals surface area contributed by atoms with Crippen molar-refractivity contribution in [2.24, 2.45) is 11.1 Å². The van der Waals surface area contributed by atoms with Crippen molar-refractivity contribution in [3.8, 4) is 0 Å². The van der Waals surface area contributed by atoms with Gasteiger partial charge in [0, 0.05) is 13.1 Å². The molecule has 5 heteroatoms. The van der Waals surface area contributed by atoms with Crippen molar-refractivity contribution in [1.82, 2.24) is 4.90 Å². The predicted molar refractivity (Wildman–Crippen MR) is 55.7 cm³/mol. The first-order chi connectivity index (χ1) is 5.75. The van der Waals surface area contributed by atoms with Crippen LogP contribution in [-0.4, -0.2) is 41.1 Å². The first-order valence-corrected chi connectivity index (χ1v) is 4.37. The summed E-state index contributed by atoms with van der Waals surface area (Å²) in [6.07, 6.45) is 0. The lowest BCUT2D eigenvalue weighted by Gasteiger charge is -2.25. The average Bonchev–Trinajstić information content (AvgIpc) is 1.82. The monoisotopic (exact) mass is 204 g/mol. The Labute approximate surface area is 83.7 Å². The van der Waals surface area contributed by atoms with E-state index in [1.54, 1.807) is 25.8 Å². The Morgan fingerprint density at radius 1 is 1.62 bits per heavy atom. The van der Waals surface area contributed by atoms with E-state index < -0.39 is 11.4 Å². The molecule has 0 bridgehead atoms. The smallest absolute Gasteiger partial charge is 0.310 e. The minimum absolute atomic E-state index is 0.378. The average molecular weight is 204 g/mol. The number of carboxylic acids is 1. The summed E-state index contributed by atoms with van der Waals surface area (Å²) in [5.41, 5.74) is 4.57. The number of aliphatic carboxylic acids is 1. The van der Waals surface area contributed by atoms with Crippen LogP contribution < -0.4 is 5.73 Å². The maximum atomic E-state index is 10.8. The van der Waals surface area contributed by atoms with Gasteiger partial charge in [0.05, 0.1) is 10.4 Å². The van der Waals surface area contributed by atoms with Gasteiger partial charge in [-0.2, -0.15) is 0 Å². The van der Waals surface area contributed by atoms with Crippen LogP contribution in [0.4, 0.5) is 0 Å². The summed E-state index contributed by atoms with van der Waals surface area (Å²) in [5, 5.41) is 8.83. The quantitative estimate of drug-likeness (QED) is 0.631. The fourth-order valence-corrected chi connectivity index (χ4v) is 1.28. The molecule has 0 aliphatic carbocycles. The number of rotatable bonds is 5. The Morgan fingerprint density at radius 2 is 2.08 bits per heavy atom. The summed E-state index contributed by atoms with van der Waals surface area (Å²) in [6, 6.07) is 0. The van der Waals surface area contributed by atoms with Crippen LogP contribution >= 0.6 is 12.2 Å². The van der Waals surface area contributed by atoms with Gasteiger partial charge >= 0.3 is 5.97 Å². The van der Waals surface area contributed by atoms with E-state index in [-0.39, 0.29) is 0 Å². The van der Waals surface area contributed by atoms with Crippen molar-refractivity contribution < 1.29 is 9.90 Å². The van der Waals surface area contributed by atoms with Crippen molar-refractivity contribution >= 4 is 23.2 Å². The van der Waals surface area contributed by atoms with Gasteiger partial charge in [0.1, 0.15) is 0 Å². The second-order valence-corrected chi connectivity index (χ2v) is 4.35. The first-order valence-electron chi connectivity index (χ1n) is 3.96. The molecule has 76 valence electrons. The Hall–Kier alpha value is -0.680. The molecule has 0 amide bonds. The lowest BCUT2D eigenvalue weighted by atomic mass is 9.93. The van der Waals surface area contributed by atoms with E-state index in [4.69, 9.17) is 23.1 Å². The number of carboxylic acid groups (broad SMARTS) is 1.